The Balaban J connectivity index is 1.93. The molecule has 1 saturated heterocycles. The lowest BCUT2D eigenvalue weighted by molar-refractivity contribution is -0.150. The van der Waals surface area contributed by atoms with Crippen LogP contribution >= 0.6 is 0 Å². The Bertz CT molecular complexity index is 686. The summed E-state index contributed by atoms with van der Waals surface area (Å²) in [5.41, 5.74) is 0.865. The van der Waals surface area contributed by atoms with E-state index >= 15 is 0 Å². The zero-order chi connectivity index (χ0) is 17.0. The number of ether oxygens (including phenoxy) is 1. The van der Waals surface area contributed by atoms with Crippen LogP contribution in [0.5, 0.6) is 0 Å². The highest BCUT2D eigenvalue weighted by Crippen LogP contribution is 2.22. The summed E-state index contributed by atoms with van der Waals surface area (Å²) in [6.07, 6.45) is -1.10. The number of carboxylic acid groups (broad SMARTS) is 1. The number of hydrogen-bond acceptors (Lipinski definition) is 5. The first-order chi connectivity index (χ1) is 10.8. The first-order valence-corrected chi connectivity index (χ1v) is 8.75. The topological polar surface area (TPSA) is 122 Å². The van der Waals surface area contributed by atoms with Crippen molar-refractivity contribution in [2.24, 2.45) is 0 Å². The molecule has 126 valence electrons. The first kappa shape index (κ1) is 17.2. The van der Waals surface area contributed by atoms with E-state index in [1.807, 2.05) is 0 Å². The standard InChI is InChI=1S/C14H18N2O6S/c1-2-23(20,21)16-10-5-3-9(4-6-10)15-13(17)11-7-8-12(22-11)14(18)19/h3-6,11-12,16H,2,7-8H2,1H3,(H,15,17)(H,18,19)/t11-,12+/m0/s1. The normalized spacial score (nSPS) is 20.9. The van der Waals surface area contributed by atoms with Crippen LogP contribution in [0.4, 0.5) is 11.4 Å². The summed E-state index contributed by atoms with van der Waals surface area (Å²) < 4.78 is 30.4. The van der Waals surface area contributed by atoms with E-state index in [1.165, 1.54) is 19.1 Å². The highest BCUT2D eigenvalue weighted by Gasteiger charge is 2.34. The molecule has 1 aliphatic heterocycles. The van der Waals surface area contributed by atoms with Gasteiger partial charge in [0.1, 0.15) is 6.10 Å². The van der Waals surface area contributed by atoms with Crippen LogP contribution in [0, 0.1) is 0 Å². The second-order valence-electron chi connectivity index (χ2n) is 5.10. The highest BCUT2D eigenvalue weighted by atomic mass is 32.2. The molecule has 0 bridgehead atoms. The van der Waals surface area contributed by atoms with Crippen LogP contribution in [0.2, 0.25) is 0 Å². The SMILES string of the molecule is CCS(=O)(=O)Nc1ccc(NC(=O)[C@@H]2CC[C@H](C(=O)O)O2)cc1. The van der Waals surface area contributed by atoms with Gasteiger partial charge in [0.2, 0.25) is 10.0 Å². The lowest BCUT2D eigenvalue weighted by Crippen LogP contribution is -2.29. The summed E-state index contributed by atoms with van der Waals surface area (Å²) in [7, 11) is -3.35. The Morgan fingerprint density at radius 2 is 1.74 bits per heavy atom. The number of carbonyl (C=O) groups is 2. The molecule has 0 spiro atoms. The Morgan fingerprint density at radius 3 is 2.26 bits per heavy atom. The molecule has 1 fully saturated rings. The minimum absolute atomic E-state index is 0.0325. The maximum atomic E-state index is 12.0. The van der Waals surface area contributed by atoms with Crippen molar-refractivity contribution >= 4 is 33.3 Å². The van der Waals surface area contributed by atoms with Gasteiger partial charge in [0.25, 0.3) is 5.91 Å². The van der Waals surface area contributed by atoms with Crippen LogP contribution in [0.25, 0.3) is 0 Å². The number of anilines is 2. The molecule has 1 aromatic rings. The minimum atomic E-state index is -3.35. The summed E-state index contributed by atoms with van der Waals surface area (Å²) in [5.74, 6) is -1.53. The second kappa shape index (κ2) is 6.97. The van der Waals surface area contributed by atoms with E-state index in [0.717, 1.165) is 0 Å². The molecule has 0 aromatic heterocycles. The number of benzene rings is 1. The van der Waals surface area contributed by atoms with Crippen molar-refractivity contribution < 1.29 is 27.9 Å². The van der Waals surface area contributed by atoms with E-state index in [-0.39, 0.29) is 5.75 Å². The van der Waals surface area contributed by atoms with E-state index in [4.69, 9.17) is 9.84 Å². The molecule has 9 heteroatoms. The van der Waals surface area contributed by atoms with E-state index in [0.29, 0.717) is 24.2 Å². The van der Waals surface area contributed by atoms with Gasteiger partial charge < -0.3 is 15.2 Å². The maximum Gasteiger partial charge on any atom is 0.332 e. The molecule has 2 atom stereocenters. The highest BCUT2D eigenvalue weighted by molar-refractivity contribution is 7.92. The lowest BCUT2D eigenvalue weighted by atomic mass is 10.2. The molecule has 2 rings (SSSR count). The van der Waals surface area contributed by atoms with Gasteiger partial charge >= 0.3 is 5.97 Å². The van der Waals surface area contributed by atoms with Crippen molar-refractivity contribution in [2.45, 2.75) is 32.0 Å². The maximum absolute atomic E-state index is 12.0. The average molecular weight is 342 g/mol. The van der Waals surface area contributed by atoms with Crippen LogP contribution in [0.1, 0.15) is 19.8 Å². The summed E-state index contributed by atoms with van der Waals surface area (Å²) in [6, 6.07) is 6.15. The molecule has 0 saturated carbocycles. The monoisotopic (exact) mass is 342 g/mol. The van der Waals surface area contributed by atoms with Crippen LogP contribution in [-0.2, 0) is 24.3 Å². The van der Waals surface area contributed by atoms with E-state index in [9.17, 15) is 18.0 Å². The van der Waals surface area contributed by atoms with Crippen molar-refractivity contribution in [2.75, 3.05) is 15.8 Å². The summed E-state index contributed by atoms with van der Waals surface area (Å²) >= 11 is 0. The first-order valence-electron chi connectivity index (χ1n) is 7.10. The van der Waals surface area contributed by atoms with Gasteiger partial charge in [0, 0.05) is 11.4 Å². The van der Waals surface area contributed by atoms with Crippen molar-refractivity contribution in [3.05, 3.63) is 24.3 Å². The second-order valence-corrected chi connectivity index (χ2v) is 7.11. The minimum Gasteiger partial charge on any atom is -0.479 e. The number of hydrogen-bond donors (Lipinski definition) is 3. The van der Waals surface area contributed by atoms with Crippen LogP contribution in [-0.4, -0.2) is 43.4 Å². The third-order valence-corrected chi connectivity index (χ3v) is 4.70. The molecule has 1 amide bonds. The molecule has 0 aliphatic carbocycles. The van der Waals surface area contributed by atoms with Gasteiger partial charge in [-0.1, -0.05) is 0 Å². The third-order valence-electron chi connectivity index (χ3n) is 3.39. The fourth-order valence-corrected chi connectivity index (χ4v) is 2.75. The van der Waals surface area contributed by atoms with Crippen molar-refractivity contribution in [1.29, 1.82) is 0 Å². The van der Waals surface area contributed by atoms with Gasteiger partial charge in [-0.05, 0) is 44.0 Å². The molecule has 0 unspecified atom stereocenters. The van der Waals surface area contributed by atoms with Gasteiger partial charge in [-0.25, -0.2) is 13.2 Å². The van der Waals surface area contributed by atoms with Gasteiger partial charge in [-0.2, -0.15) is 0 Å². The van der Waals surface area contributed by atoms with Gasteiger partial charge in [-0.3, -0.25) is 9.52 Å². The molecule has 8 nitrogen and oxygen atoms in total. The fraction of sp³-hybridized carbons (Fsp3) is 0.429. The van der Waals surface area contributed by atoms with E-state index < -0.39 is 34.1 Å². The molecule has 0 radical (unpaired) electrons. The molecule has 1 aliphatic rings. The fourth-order valence-electron chi connectivity index (χ4n) is 2.11. The third kappa shape index (κ3) is 4.67. The number of sulfonamides is 1. The number of rotatable bonds is 6. The predicted octanol–water partition coefficient (Wildman–Crippen LogP) is 1.02. The van der Waals surface area contributed by atoms with Gasteiger partial charge in [-0.15, -0.1) is 0 Å². The Hall–Kier alpha value is -2.13. The number of nitrogens with one attached hydrogen (secondary N) is 2. The molecular formula is C14H18N2O6S. The zero-order valence-corrected chi connectivity index (χ0v) is 13.3. The molecule has 23 heavy (non-hydrogen) atoms. The average Bonchev–Trinajstić information content (AvgIpc) is 2.99. The predicted molar refractivity (Wildman–Crippen MR) is 83.7 cm³/mol. The van der Waals surface area contributed by atoms with E-state index in [1.54, 1.807) is 12.1 Å². The van der Waals surface area contributed by atoms with Crippen molar-refractivity contribution in [3.63, 3.8) is 0 Å². The number of carbonyl (C=O) groups excluding carboxylic acids is 1. The van der Waals surface area contributed by atoms with Crippen LogP contribution < -0.4 is 10.0 Å². The van der Waals surface area contributed by atoms with Crippen LogP contribution in [0.3, 0.4) is 0 Å². The van der Waals surface area contributed by atoms with Crippen molar-refractivity contribution in [1.82, 2.24) is 0 Å². The molecular weight excluding hydrogens is 324 g/mol. The Morgan fingerprint density at radius 1 is 1.17 bits per heavy atom. The zero-order valence-electron chi connectivity index (χ0n) is 12.5. The smallest absolute Gasteiger partial charge is 0.332 e. The molecule has 3 N–H and O–H groups in total. The van der Waals surface area contributed by atoms with E-state index in [2.05, 4.69) is 10.0 Å². The van der Waals surface area contributed by atoms with Crippen LogP contribution in [0.15, 0.2) is 24.3 Å². The summed E-state index contributed by atoms with van der Waals surface area (Å²) in [4.78, 5) is 22.8. The largest absolute Gasteiger partial charge is 0.479 e. The number of amides is 1. The van der Waals surface area contributed by atoms with Crippen molar-refractivity contribution in [3.8, 4) is 0 Å². The number of carboxylic acids is 1. The van der Waals surface area contributed by atoms with Gasteiger partial charge in [0.15, 0.2) is 6.10 Å². The summed E-state index contributed by atoms with van der Waals surface area (Å²) in [6.45, 7) is 1.53. The van der Waals surface area contributed by atoms with Gasteiger partial charge in [0.05, 0.1) is 5.75 Å². The summed E-state index contributed by atoms with van der Waals surface area (Å²) in [5, 5.41) is 11.4. The molecule has 1 heterocycles. The number of aliphatic carboxylic acids is 1. The Kier molecular flexibility index (Phi) is 5.22. The lowest BCUT2D eigenvalue weighted by Gasteiger charge is -2.12. The molecule has 1 aromatic carbocycles. The Labute approximate surface area is 133 Å². The quantitative estimate of drug-likeness (QED) is 0.709.